The second-order valence-electron chi connectivity index (χ2n) is 5.61. The Morgan fingerprint density at radius 1 is 1.10 bits per heavy atom. The van der Waals surface area contributed by atoms with Gasteiger partial charge in [-0.15, -0.1) is 0 Å². The summed E-state index contributed by atoms with van der Waals surface area (Å²) in [6.07, 6.45) is 0.773. The van der Waals surface area contributed by atoms with Gasteiger partial charge in [0.15, 0.2) is 0 Å². The molecule has 0 saturated carbocycles. The van der Waals surface area contributed by atoms with E-state index in [0.29, 0.717) is 5.75 Å². The smallest absolute Gasteiger partial charge is 0.313 e. The SMILES string of the molecule is CC(C)(C(=O)O)c1cccc2c1Oc1ccccc1C2. The van der Waals surface area contributed by atoms with Crippen LogP contribution in [0, 0.1) is 0 Å². The number of carboxylic acid groups (broad SMARTS) is 1. The van der Waals surface area contributed by atoms with Gasteiger partial charge < -0.3 is 9.84 Å². The lowest BCUT2D eigenvalue weighted by Crippen LogP contribution is -2.29. The highest BCUT2D eigenvalue weighted by molar-refractivity contribution is 5.82. The van der Waals surface area contributed by atoms with Gasteiger partial charge >= 0.3 is 5.97 Å². The fourth-order valence-electron chi connectivity index (χ4n) is 2.52. The van der Waals surface area contributed by atoms with E-state index in [1.807, 2.05) is 42.5 Å². The third-order valence-electron chi connectivity index (χ3n) is 3.87. The zero-order valence-corrected chi connectivity index (χ0v) is 11.5. The minimum absolute atomic E-state index is 0.693. The molecule has 0 atom stereocenters. The summed E-state index contributed by atoms with van der Waals surface area (Å²) in [7, 11) is 0. The lowest BCUT2D eigenvalue weighted by molar-refractivity contribution is -0.142. The minimum atomic E-state index is -0.975. The van der Waals surface area contributed by atoms with Gasteiger partial charge in [-0.1, -0.05) is 36.4 Å². The van der Waals surface area contributed by atoms with Crippen molar-refractivity contribution in [1.82, 2.24) is 0 Å². The maximum absolute atomic E-state index is 11.5. The number of fused-ring (bicyclic) bond motifs is 2. The van der Waals surface area contributed by atoms with E-state index in [1.165, 1.54) is 0 Å². The number of ether oxygens (including phenoxy) is 1. The Hall–Kier alpha value is -2.29. The molecular weight excluding hydrogens is 252 g/mol. The highest BCUT2D eigenvalue weighted by Crippen LogP contribution is 2.42. The normalized spacial score (nSPS) is 13.1. The van der Waals surface area contributed by atoms with E-state index >= 15 is 0 Å². The Morgan fingerprint density at radius 2 is 1.80 bits per heavy atom. The second kappa shape index (κ2) is 4.37. The molecule has 3 rings (SSSR count). The van der Waals surface area contributed by atoms with E-state index in [1.54, 1.807) is 13.8 Å². The summed E-state index contributed by atoms with van der Waals surface area (Å²) in [4.78, 5) is 11.5. The first kappa shape index (κ1) is 12.7. The summed E-state index contributed by atoms with van der Waals surface area (Å²) in [5, 5.41) is 9.44. The van der Waals surface area contributed by atoms with Crippen LogP contribution >= 0.6 is 0 Å². The van der Waals surface area contributed by atoms with Gasteiger partial charge in [0.05, 0.1) is 5.41 Å². The van der Waals surface area contributed by atoms with Crippen LogP contribution in [-0.2, 0) is 16.6 Å². The number of benzene rings is 2. The van der Waals surface area contributed by atoms with Crippen LogP contribution in [0.2, 0.25) is 0 Å². The van der Waals surface area contributed by atoms with Crippen molar-refractivity contribution < 1.29 is 14.6 Å². The average Bonchev–Trinajstić information content (AvgIpc) is 2.44. The van der Waals surface area contributed by atoms with E-state index in [0.717, 1.165) is 28.9 Å². The third-order valence-corrected chi connectivity index (χ3v) is 3.87. The molecule has 0 bridgehead atoms. The zero-order chi connectivity index (χ0) is 14.3. The lowest BCUT2D eigenvalue weighted by atomic mass is 9.82. The molecule has 1 aliphatic heterocycles. The molecule has 0 spiro atoms. The van der Waals surface area contributed by atoms with Gasteiger partial charge in [0.25, 0.3) is 0 Å². The fraction of sp³-hybridized carbons (Fsp3) is 0.235. The Bertz CT molecular complexity index is 686. The summed E-state index contributed by atoms with van der Waals surface area (Å²) in [5.41, 5.74) is 1.91. The molecule has 0 aromatic heterocycles. The standard InChI is InChI=1S/C17H16O3/c1-17(2,16(18)19)13-8-5-7-12-10-11-6-3-4-9-14(11)20-15(12)13/h3-9H,10H2,1-2H3,(H,18,19). The molecule has 0 radical (unpaired) electrons. The Kier molecular flexibility index (Phi) is 2.78. The summed E-state index contributed by atoms with van der Waals surface area (Å²) in [6, 6.07) is 13.6. The number of carbonyl (C=O) groups is 1. The topological polar surface area (TPSA) is 46.5 Å². The molecule has 20 heavy (non-hydrogen) atoms. The van der Waals surface area contributed by atoms with Crippen molar-refractivity contribution in [3.8, 4) is 11.5 Å². The summed E-state index contributed by atoms with van der Waals surface area (Å²) in [6.45, 7) is 3.41. The van der Waals surface area contributed by atoms with E-state index in [-0.39, 0.29) is 0 Å². The number of hydrogen-bond donors (Lipinski definition) is 1. The zero-order valence-electron chi connectivity index (χ0n) is 11.5. The molecule has 0 unspecified atom stereocenters. The number of para-hydroxylation sites is 2. The first-order valence-electron chi connectivity index (χ1n) is 6.61. The highest BCUT2D eigenvalue weighted by atomic mass is 16.5. The molecule has 1 N–H and O–H groups in total. The van der Waals surface area contributed by atoms with Gasteiger partial charge in [-0.25, -0.2) is 0 Å². The maximum Gasteiger partial charge on any atom is 0.313 e. The fourth-order valence-corrected chi connectivity index (χ4v) is 2.52. The van der Waals surface area contributed by atoms with Crippen molar-refractivity contribution in [3.05, 3.63) is 59.2 Å². The van der Waals surface area contributed by atoms with Gasteiger partial charge in [-0.2, -0.15) is 0 Å². The van der Waals surface area contributed by atoms with Crippen LogP contribution in [0.25, 0.3) is 0 Å². The summed E-state index contributed by atoms with van der Waals surface area (Å²) >= 11 is 0. The molecule has 0 saturated heterocycles. The van der Waals surface area contributed by atoms with E-state index in [9.17, 15) is 9.90 Å². The van der Waals surface area contributed by atoms with Crippen LogP contribution < -0.4 is 4.74 Å². The Labute approximate surface area is 117 Å². The van der Waals surface area contributed by atoms with Gasteiger partial charge in [-0.05, 0) is 31.0 Å². The molecule has 1 heterocycles. The number of aliphatic carboxylic acids is 1. The highest BCUT2D eigenvalue weighted by Gasteiger charge is 2.34. The molecule has 2 aromatic carbocycles. The molecule has 3 heteroatoms. The van der Waals surface area contributed by atoms with Crippen molar-refractivity contribution in [2.24, 2.45) is 0 Å². The molecule has 2 aromatic rings. The predicted octanol–water partition coefficient (Wildman–Crippen LogP) is 3.75. The molecule has 0 aliphatic carbocycles. The largest absolute Gasteiger partial charge is 0.481 e. The van der Waals surface area contributed by atoms with E-state index in [4.69, 9.17) is 4.74 Å². The number of rotatable bonds is 2. The minimum Gasteiger partial charge on any atom is -0.481 e. The third kappa shape index (κ3) is 1.86. The molecular formula is C17H16O3. The van der Waals surface area contributed by atoms with Crippen LogP contribution in [0.4, 0.5) is 0 Å². The summed E-state index contributed by atoms with van der Waals surface area (Å²) < 4.78 is 5.98. The molecule has 0 amide bonds. The lowest BCUT2D eigenvalue weighted by Gasteiger charge is -2.28. The average molecular weight is 268 g/mol. The quantitative estimate of drug-likeness (QED) is 0.770. The van der Waals surface area contributed by atoms with Gasteiger partial charge in [-0.3, -0.25) is 4.79 Å². The maximum atomic E-state index is 11.5. The first-order valence-corrected chi connectivity index (χ1v) is 6.61. The molecule has 1 aliphatic rings. The first-order chi connectivity index (χ1) is 9.50. The van der Waals surface area contributed by atoms with Crippen molar-refractivity contribution >= 4 is 5.97 Å². The van der Waals surface area contributed by atoms with Crippen molar-refractivity contribution in [2.45, 2.75) is 25.7 Å². The molecule has 102 valence electrons. The van der Waals surface area contributed by atoms with Crippen LogP contribution in [0.3, 0.4) is 0 Å². The van der Waals surface area contributed by atoms with Crippen LogP contribution in [0.15, 0.2) is 42.5 Å². The molecule has 0 fully saturated rings. The Balaban J connectivity index is 2.14. The number of hydrogen-bond acceptors (Lipinski definition) is 2. The number of carboxylic acids is 1. The van der Waals surface area contributed by atoms with Crippen molar-refractivity contribution in [2.75, 3.05) is 0 Å². The second-order valence-corrected chi connectivity index (χ2v) is 5.61. The monoisotopic (exact) mass is 268 g/mol. The molecule has 3 nitrogen and oxygen atoms in total. The van der Waals surface area contributed by atoms with Gasteiger partial charge in [0.2, 0.25) is 0 Å². The van der Waals surface area contributed by atoms with Gasteiger partial charge in [0.1, 0.15) is 11.5 Å². The van der Waals surface area contributed by atoms with Crippen molar-refractivity contribution in [3.63, 3.8) is 0 Å². The van der Waals surface area contributed by atoms with Crippen LogP contribution in [-0.4, -0.2) is 11.1 Å². The summed E-state index contributed by atoms with van der Waals surface area (Å²) in [5.74, 6) is 0.653. The van der Waals surface area contributed by atoms with Crippen molar-refractivity contribution in [1.29, 1.82) is 0 Å². The van der Waals surface area contributed by atoms with Crippen LogP contribution in [0.5, 0.6) is 11.5 Å². The van der Waals surface area contributed by atoms with Gasteiger partial charge in [0, 0.05) is 12.0 Å². The predicted molar refractivity (Wildman–Crippen MR) is 76.4 cm³/mol. The Morgan fingerprint density at radius 3 is 2.55 bits per heavy atom. The van der Waals surface area contributed by atoms with Crippen LogP contribution in [0.1, 0.15) is 30.5 Å². The van der Waals surface area contributed by atoms with E-state index < -0.39 is 11.4 Å². The van der Waals surface area contributed by atoms with E-state index in [2.05, 4.69) is 0 Å².